The Morgan fingerprint density at radius 2 is 2.10 bits per heavy atom. The maximum atomic E-state index is 14.2. The van der Waals surface area contributed by atoms with Crippen LogP contribution in [0.25, 0.3) is 0 Å². The molecular formula is C36H43ClN6O5S. The number of nitrogens with one attached hydrogen (secondary N) is 1. The van der Waals surface area contributed by atoms with E-state index >= 15 is 0 Å². The summed E-state index contributed by atoms with van der Waals surface area (Å²) < 4.78 is 35.1. The van der Waals surface area contributed by atoms with Gasteiger partial charge in [0, 0.05) is 48.8 Å². The number of aryl methyl sites for hydroxylation is 2. The van der Waals surface area contributed by atoms with Gasteiger partial charge in [0.25, 0.3) is 5.91 Å². The van der Waals surface area contributed by atoms with Crippen molar-refractivity contribution >= 4 is 39.0 Å². The second kappa shape index (κ2) is 14.2. The van der Waals surface area contributed by atoms with Crippen molar-refractivity contribution in [1.29, 1.82) is 0 Å². The summed E-state index contributed by atoms with van der Waals surface area (Å²) in [5.41, 5.74) is 3.41. The summed E-state index contributed by atoms with van der Waals surface area (Å²) in [6.45, 7) is 2.28. The summed E-state index contributed by atoms with van der Waals surface area (Å²) in [6, 6.07) is 11.6. The molecule has 1 fully saturated rings. The number of rotatable bonds is 5. The summed E-state index contributed by atoms with van der Waals surface area (Å²) in [5, 5.41) is 8.38. The molecule has 7 rings (SSSR count). The van der Waals surface area contributed by atoms with E-state index in [4.69, 9.17) is 21.1 Å². The van der Waals surface area contributed by atoms with Gasteiger partial charge in [-0.05, 0) is 98.2 Å². The van der Waals surface area contributed by atoms with E-state index in [1.54, 1.807) is 19.4 Å². The molecule has 1 saturated carbocycles. The number of hydrogen-bond donors (Lipinski definition) is 1. The smallest absolute Gasteiger partial charge is 0.286 e. The number of hydrogen-bond acceptors (Lipinski definition) is 8. The molecule has 3 heterocycles. The molecule has 2 aliphatic heterocycles. The highest BCUT2D eigenvalue weighted by Crippen LogP contribution is 2.47. The van der Waals surface area contributed by atoms with Crippen LogP contribution in [0.2, 0.25) is 5.02 Å². The molecule has 0 radical (unpaired) electrons. The first kappa shape index (κ1) is 33.7. The van der Waals surface area contributed by atoms with Crippen molar-refractivity contribution in [3.05, 3.63) is 82.7 Å². The van der Waals surface area contributed by atoms with Gasteiger partial charge in [0.05, 0.1) is 36.9 Å². The maximum Gasteiger partial charge on any atom is 0.286 e. The third-order valence-corrected chi connectivity index (χ3v) is 12.7. The van der Waals surface area contributed by atoms with Crippen LogP contribution in [0, 0.1) is 11.8 Å². The van der Waals surface area contributed by atoms with Gasteiger partial charge in [-0.25, -0.2) is 4.21 Å². The standard InChI is InChI=1S/C36H43ClN6O5S/c1-47-32-7-3-2-4-19-49(46,39-34(44)14-17-43-18-16-38-41-43)40-35(45)26-9-13-33-31(21-26)42(22-27-8-11-29(27)32)23-36(24-48-33)15-5-6-25-20-28(37)10-12-30(25)36/h3,7,9-10,12-13,16,18,20-21,27,29,32H,2,4-6,8,11,14-15,17,19,22-24H2,1H3,(H,39,40,44,45,46)/b7-3+/t27-,29+,32-,36-,49?/m0/s1. The van der Waals surface area contributed by atoms with Crippen LogP contribution in [0.1, 0.15) is 66.4 Å². The third kappa shape index (κ3) is 7.27. The van der Waals surface area contributed by atoms with E-state index < -0.39 is 21.7 Å². The third-order valence-electron chi connectivity index (χ3n) is 10.6. The minimum atomic E-state index is -3.42. The molecule has 1 unspecified atom stereocenters. The lowest BCUT2D eigenvalue weighted by Gasteiger charge is -2.46. The second-order valence-electron chi connectivity index (χ2n) is 13.7. The van der Waals surface area contributed by atoms with Crippen LogP contribution in [0.3, 0.4) is 0 Å². The first-order valence-electron chi connectivity index (χ1n) is 17.2. The second-order valence-corrected chi connectivity index (χ2v) is 16.3. The Hall–Kier alpha value is -3.74. The largest absolute Gasteiger partial charge is 0.490 e. The fraction of sp³-hybridized carbons (Fsp3) is 0.500. The monoisotopic (exact) mass is 706 g/mol. The van der Waals surface area contributed by atoms with E-state index in [-0.39, 0.29) is 30.2 Å². The molecule has 49 heavy (non-hydrogen) atoms. The lowest BCUT2D eigenvalue weighted by molar-refractivity contribution is -0.119. The average molecular weight is 707 g/mol. The fourth-order valence-electron chi connectivity index (χ4n) is 7.91. The summed E-state index contributed by atoms with van der Waals surface area (Å²) in [7, 11) is -1.67. The number of nitrogens with zero attached hydrogens (tertiary/aromatic N) is 5. The van der Waals surface area contributed by atoms with Gasteiger partial charge in [-0.2, -0.15) is 0 Å². The Bertz CT molecular complexity index is 1860. The Morgan fingerprint density at radius 1 is 1.20 bits per heavy atom. The van der Waals surface area contributed by atoms with Crippen LogP contribution in [0.5, 0.6) is 5.75 Å². The van der Waals surface area contributed by atoms with Crippen LogP contribution < -0.4 is 14.4 Å². The molecule has 5 atom stereocenters. The molecule has 2 aliphatic carbocycles. The molecule has 11 nitrogen and oxygen atoms in total. The van der Waals surface area contributed by atoms with E-state index in [1.807, 2.05) is 18.2 Å². The zero-order valence-electron chi connectivity index (χ0n) is 27.8. The van der Waals surface area contributed by atoms with Crippen molar-refractivity contribution in [2.24, 2.45) is 16.2 Å². The summed E-state index contributed by atoms with van der Waals surface area (Å²) in [6.07, 6.45) is 13.6. The van der Waals surface area contributed by atoms with Crippen LogP contribution >= 0.6 is 11.6 Å². The number of carbonyl (C=O) groups excluding carboxylic acids is 2. The Morgan fingerprint density at radius 3 is 2.90 bits per heavy atom. The van der Waals surface area contributed by atoms with E-state index in [9.17, 15) is 13.8 Å². The summed E-state index contributed by atoms with van der Waals surface area (Å²) in [5.74, 6) is 0.381. The number of methoxy groups -OCH3 is 1. The van der Waals surface area contributed by atoms with Crippen molar-refractivity contribution in [3.63, 3.8) is 0 Å². The number of allylic oxidation sites excluding steroid dienone is 1. The zero-order valence-corrected chi connectivity index (χ0v) is 29.3. The highest BCUT2D eigenvalue weighted by atomic mass is 35.5. The van der Waals surface area contributed by atoms with Crippen molar-refractivity contribution in [2.75, 3.05) is 37.5 Å². The van der Waals surface area contributed by atoms with Crippen LogP contribution in [0.4, 0.5) is 5.69 Å². The number of halogens is 1. The average Bonchev–Trinajstić information content (AvgIpc) is 3.55. The number of benzene rings is 2. The molecule has 2 aromatic carbocycles. The van der Waals surface area contributed by atoms with E-state index in [2.05, 4.69) is 48.6 Å². The number of amides is 2. The van der Waals surface area contributed by atoms with Gasteiger partial charge in [-0.3, -0.25) is 19.0 Å². The topological polar surface area (TPSA) is 128 Å². The fourth-order valence-corrected chi connectivity index (χ4v) is 9.73. The van der Waals surface area contributed by atoms with Crippen molar-refractivity contribution in [2.45, 2.75) is 69.4 Å². The lowest BCUT2D eigenvalue weighted by Crippen LogP contribution is -2.49. The lowest BCUT2D eigenvalue weighted by atomic mass is 9.68. The van der Waals surface area contributed by atoms with Gasteiger partial charge in [-0.1, -0.05) is 35.0 Å². The molecule has 1 spiro atoms. The van der Waals surface area contributed by atoms with Gasteiger partial charge < -0.3 is 14.4 Å². The highest BCUT2D eigenvalue weighted by molar-refractivity contribution is 7.92. The van der Waals surface area contributed by atoms with Crippen molar-refractivity contribution in [1.82, 2.24) is 19.7 Å². The highest BCUT2D eigenvalue weighted by Gasteiger charge is 2.44. The van der Waals surface area contributed by atoms with Crippen LogP contribution in [0.15, 0.2) is 65.3 Å². The SMILES string of the molecule is CO[C@H]1/C=C/CCCS(=O)(NC(=O)CCn2ccnn2)=NC(=O)c2ccc3c(c2)N(C[C@@H]2CC[C@H]21)C[C@@]1(CCCc2cc(Cl)ccc21)CO3. The maximum absolute atomic E-state index is 14.2. The molecule has 1 aromatic heterocycles. The first-order valence-corrected chi connectivity index (χ1v) is 19.2. The molecule has 1 N–H and O–H groups in total. The molecule has 13 heteroatoms. The van der Waals surface area contributed by atoms with Gasteiger partial charge in [-0.15, -0.1) is 9.46 Å². The van der Waals surface area contributed by atoms with Crippen molar-refractivity contribution in [3.8, 4) is 5.75 Å². The van der Waals surface area contributed by atoms with Gasteiger partial charge in [0.1, 0.15) is 15.7 Å². The Labute approximate surface area is 292 Å². The molecule has 2 bridgehead atoms. The van der Waals surface area contributed by atoms with Crippen molar-refractivity contribution < 1.29 is 23.3 Å². The van der Waals surface area contributed by atoms with Gasteiger partial charge in [0.2, 0.25) is 5.91 Å². The summed E-state index contributed by atoms with van der Waals surface area (Å²) >= 11 is 6.44. The molecule has 3 aromatic rings. The van der Waals surface area contributed by atoms with Crippen LogP contribution in [-0.4, -0.2) is 69.7 Å². The predicted octanol–water partition coefficient (Wildman–Crippen LogP) is 5.53. The van der Waals surface area contributed by atoms with Gasteiger partial charge >= 0.3 is 0 Å². The predicted molar refractivity (Wildman–Crippen MR) is 188 cm³/mol. The molecule has 2 amide bonds. The quantitative estimate of drug-likeness (QED) is 0.344. The minimum Gasteiger partial charge on any atom is -0.490 e. The first-order chi connectivity index (χ1) is 23.7. The normalized spacial score (nSPS) is 29.0. The number of aromatic nitrogens is 3. The minimum absolute atomic E-state index is 0.0181. The number of ether oxygens (including phenoxy) is 2. The molecular weight excluding hydrogens is 664 g/mol. The number of anilines is 1. The Balaban J connectivity index is 1.25. The van der Waals surface area contributed by atoms with Gasteiger partial charge in [0.15, 0.2) is 0 Å². The molecule has 0 saturated heterocycles. The number of fused-ring (bicyclic) bond motifs is 4. The summed E-state index contributed by atoms with van der Waals surface area (Å²) in [4.78, 5) is 29.1. The number of carbonyl (C=O) groups is 2. The molecule has 260 valence electrons. The zero-order chi connectivity index (χ0) is 34.0. The Kier molecular flexibility index (Phi) is 9.81. The van der Waals surface area contributed by atoms with E-state index in [0.717, 1.165) is 55.9 Å². The molecule has 4 aliphatic rings. The van der Waals surface area contributed by atoms with Crippen LogP contribution in [-0.2, 0) is 37.8 Å². The van der Waals surface area contributed by atoms with E-state index in [0.29, 0.717) is 42.6 Å². The van der Waals surface area contributed by atoms with E-state index in [1.165, 1.54) is 22.0 Å².